The van der Waals surface area contributed by atoms with E-state index in [2.05, 4.69) is 34.1 Å². The fourth-order valence-electron chi connectivity index (χ4n) is 3.54. The average Bonchev–Trinajstić information content (AvgIpc) is 2.93. The van der Waals surface area contributed by atoms with Gasteiger partial charge in [-0.05, 0) is 25.1 Å². The number of hydrogen-bond acceptors (Lipinski definition) is 6. The molecule has 2 aromatic rings. The number of rotatable bonds is 4. The number of hydrogen-bond donors (Lipinski definition) is 3. The quantitative estimate of drug-likeness (QED) is 0.764. The third-order valence-electron chi connectivity index (χ3n) is 4.82. The lowest BCUT2D eigenvalue weighted by Crippen LogP contribution is -2.46. The normalized spacial score (nSPS) is 28.1. The number of nitrogens with one attached hydrogen (secondary N) is 3. The Labute approximate surface area is 157 Å². The molecule has 26 heavy (non-hydrogen) atoms. The van der Waals surface area contributed by atoms with E-state index in [1.165, 1.54) is 0 Å². The summed E-state index contributed by atoms with van der Waals surface area (Å²) >= 11 is 1.67. The second kappa shape index (κ2) is 7.65. The molecule has 0 spiro atoms. The first-order chi connectivity index (χ1) is 12.7. The lowest BCUT2D eigenvalue weighted by Gasteiger charge is -2.28. The molecule has 2 aliphatic rings. The predicted molar refractivity (Wildman–Crippen MR) is 101 cm³/mol. The van der Waals surface area contributed by atoms with Crippen LogP contribution in [0.1, 0.15) is 23.4 Å². The molecule has 4 rings (SSSR count). The maximum Gasteiger partial charge on any atom is 0.231 e. The van der Waals surface area contributed by atoms with Crippen molar-refractivity contribution < 1.29 is 9.53 Å². The molecule has 3 N–H and O–H groups in total. The van der Waals surface area contributed by atoms with Crippen molar-refractivity contribution in [1.82, 2.24) is 21.2 Å². The van der Waals surface area contributed by atoms with E-state index in [1.807, 2.05) is 36.4 Å². The van der Waals surface area contributed by atoms with Crippen molar-refractivity contribution in [3.63, 3.8) is 0 Å². The minimum atomic E-state index is -0.0821. The Kier molecular flexibility index (Phi) is 5.10. The van der Waals surface area contributed by atoms with Gasteiger partial charge in [0.1, 0.15) is 12.4 Å². The van der Waals surface area contributed by atoms with E-state index in [1.54, 1.807) is 18.0 Å². The summed E-state index contributed by atoms with van der Waals surface area (Å²) in [5, 5.41) is 3.21. The van der Waals surface area contributed by atoms with Gasteiger partial charge in [-0.1, -0.05) is 24.3 Å². The first-order valence-electron chi connectivity index (χ1n) is 8.76. The Morgan fingerprint density at radius 2 is 2.04 bits per heavy atom. The minimum Gasteiger partial charge on any atom is -0.487 e. The van der Waals surface area contributed by atoms with Crippen molar-refractivity contribution in [2.75, 3.05) is 5.75 Å². The Bertz CT molecular complexity index is 773. The molecule has 6 nitrogen and oxygen atoms in total. The highest BCUT2D eigenvalue weighted by Gasteiger charge is 2.43. The standard InChI is InChI=1S/C19H22N4O2S/c1-12-17-18(26-11-16(24)21-19(17)23-22-12)14-7-2-3-8-15(14)25-10-13-6-4-5-9-20-13/h2-9,12,17-19,22-23H,10-11H2,1H3,(H,21,24). The lowest BCUT2D eigenvalue weighted by atomic mass is 9.91. The molecule has 4 atom stereocenters. The van der Waals surface area contributed by atoms with Crippen molar-refractivity contribution in [1.29, 1.82) is 0 Å². The summed E-state index contributed by atoms with van der Waals surface area (Å²) < 4.78 is 6.11. The van der Waals surface area contributed by atoms with Gasteiger partial charge in [-0.2, -0.15) is 0 Å². The number of ether oxygens (including phenoxy) is 1. The Hall–Kier alpha value is -2.09. The van der Waals surface area contributed by atoms with Gasteiger partial charge in [0.25, 0.3) is 0 Å². The van der Waals surface area contributed by atoms with Crippen LogP contribution in [0.15, 0.2) is 48.7 Å². The molecule has 0 aliphatic carbocycles. The highest BCUT2D eigenvalue weighted by atomic mass is 32.2. The third kappa shape index (κ3) is 3.56. The molecule has 3 heterocycles. The third-order valence-corrected chi connectivity index (χ3v) is 6.17. The molecule has 4 unspecified atom stereocenters. The second-order valence-electron chi connectivity index (χ2n) is 6.58. The summed E-state index contributed by atoms with van der Waals surface area (Å²) in [7, 11) is 0. The van der Waals surface area contributed by atoms with E-state index in [0.29, 0.717) is 12.4 Å². The summed E-state index contributed by atoms with van der Waals surface area (Å²) in [5.41, 5.74) is 8.48. The molecule has 1 aromatic heterocycles. The van der Waals surface area contributed by atoms with E-state index in [9.17, 15) is 4.79 Å². The van der Waals surface area contributed by atoms with Crippen molar-refractivity contribution in [3.05, 3.63) is 59.9 Å². The van der Waals surface area contributed by atoms with Gasteiger partial charge in [0, 0.05) is 29.0 Å². The van der Waals surface area contributed by atoms with E-state index in [4.69, 9.17) is 4.74 Å². The van der Waals surface area contributed by atoms with Gasteiger partial charge in [-0.15, -0.1) is 11.8 Å². The van der Waals surface area contributed by atoms with Crippen LogP contribution in [0.3, 0.4) is 0 Å². The summed E-state index contributed by atoms with van der Waals surface area (Å²) in [5.74, 6) is 1.58. The van der Waals surface area contributed by atoms with E-state index >= 15 is 0 Å². The van der Waals surface area contributed by atoms with Crippen molar-refractivity contribution in [2.45, 2.75) is 31.0 Å². The molecular formula is C19H22N4O2S. The Morgan fingerprint density at radius 1 is 1.19 bits per heavy atom. The minimum absolute atomic E-state index is 0.0581. The smallest absolute Gasteiger partial charge is 0.231 e. The van der Waals surface area contributed by atoms with Gasteiger partial charge < -0.3 is 10.1 Å². The van der Waals surface area contributed by atoms with E-state index in [0.717, 1.165) is 17.0 Å². The molecule has 1 amide bonds. The zero-order valence-corrected chi connectivity index (χ0v) is 15.3. The zero-order chi connectivity index (χ0) is 17.9. The number of pyridine rings is 1. The van der Waals surface area contributed by atoms with Crippen LogP contribution in [0.2, 0.25) is 0 Å². The molecule has 1 aromatic carbocycles. The number of carbonyl (C=O) groups is 1. The molecule has 2 fully saturated rings. The van der Waals surface area contributed by atoms with Crippen LogP contribution in [0.25, 0.3) is 0 Å². The van der Waals surface area contributed by atoms with Gasteiger partial charge in [0.2, 0.25) is 5.91 Å². The highest BCUT2D eigenvalue weighted by molar-refractivity contribution is 8.00. The Balaban J connectivity index is 1.61. The summed E-state index contributed by atoms with van der Waals surface area (Å²) in [6.07, 6.45) is 1.69. The monoisotopic (exact) mass is 370 g/mol. The van der Waals surface area contributed by atoms with Gasteiger partial charge in [-0.3, -0.25) is 15.2 Å². The predicted octanol–water partition coefficient (Wildman–Crippen LogP) is 2.00. The Morgan fingerprint density at radius 3 is 2.88 bits per heavy atom. The van der Waals surface area contributed by atoms with Gasteiger partial charge in [-0.25, -0.2) is 5.43 Å². The van der Waals surface area contributed by atoms with Crippen molar-refractivity contribution >= 4 is 17.7 Å². The number of thioether (sulfide) groups is 1. The van der Waals surface area contributed by atoms with E-state index in [-0.39, 0.29) is 29.3 Å². The highest BCUT2D eigenvalue weighted by Crippen LogP contribution is 2.45. The number of para-hydroxylation sites is 1. The molecule has 0 bridgehead atoms. The first-order valence-corrected chi connectivity index (χ1v) is 9.81. The lowest BCUT2D eigenvalue weighted by molar-refractivity contribution is -0.119. The zero-order valence-electron chi connectivity index (χ0n) is 14.5. The van der Waals surface area contributed by atoms with Crippen molar-refractivity contribution in [2.24, 2.45) is 5.92 Å². The number of hydrazine groups is 1. The van der Waals surface area contributed by atoms with Crippen LogP contribution in [-0.2, 0) is 11.4 Å². The summed E-state index contributed by atoms with van der Waals surface area (Å²) in [6.45, 7) is 2.56. The van der Waals surface area contributed by atoms with Gasteiger partial charge in [0.05, 0.1) is 17.6 Å². The average molecular weight is 370 g/mol. The number of fused-ring (bicyclic) bond motifs is 1. The number of nitrogens with zero attached hydrogens (tertiary/aromatic N) is 1. The molecule has 0 saturated carbocycles. The molecule has 0 radical (unpaired) electrons. The number of amides is 1. The fourth-order valence-corrected chi connectivity index (χ4v) is 4.95. The number of carbonyl (C=O) groups excluding carboxylic acids is 1. The van der Waals surface area contributed by atoms with Crippen molar-refractivity contribution in [3.8, 4) is 5.75 Å². The molecule has 2 saturated heterocycles. The SMILES string of the molecule is CC1NNC2NC(=O)CSC(c3ccccc3OCc3ccccn3)C12. The van der Waals surface area contributed by atoms with Crippen LogP contribution < -0.4 is 20.9 Å². The summed E-state index contributed by atoms with van der Waals surface area (Å²) in [4.78, 5) is 16.4. The van der Waals surface area contributed by atoms with Crippen LogP contribution in [0.5, 0.6) is 5.75 Å². The van der Waals surface area contributed by atoms with Gasteiger partial charge >= 0.3 is 0 Å². The second-order valence-corrected chi connectivity index (χ2v) is 7.71. The first kappa shape index (κ1) is 17.3. The molecule has 2 aliphatic heterocycles. The van der Waals surface area contributed by atoms with Crippen LogP contribution >= 0.6 is 11.8 Å². The fraction of sp³-hybridized carbons (Fsp3) is 0.368. The van der Waals surface area contributed by atoms with Crippen LogP contribution in [-0.4, -0.2) is 28.9 Å². The largest absolute Gasteiger partial charge is 0.487 e. The van der Waals surface area contributed by atoms with Crippen LogP contribution in [0, 0.1) is 5.92 Å². The number of aromatic nitrogens is 1. The van der Waals surface area contributed by atoms with Gasteiger partial charge in [0.15, 0.2) is 0 Å². The molecular weight excluding hydrogens is 348 g/mol. The van der Waals surface area contributed by atoms with Crippen LogP contribution in [0.4, 0.5) is 0 Å². The molecule has 136 valence electrons. The summed E-state index contributed by atoms with van der Waals surface area (Å²) in [6, 6.07) is 14.1. The maximum absolute atomic E-state index is 12.1. The van der Waals surface area contributed by atoms with E-state index < -0.39 is 0 Å². The topological polar surface area (TPSA) is 75.3 Å². The molecule has 7 heteroatoms. The maximum atomic E-state index is 12.1. The number of benzene rings is 1.